The van der Waals surface area contributed by atoms with Crippen molar-refractivity contribution < 1.29 is 13.5 Å². The number of benzene rings is 1. The van der Waals surface area contributed by atoms with E-state index in [0.717, 1.165) is 0 Å². The summed E-state index contributed by atoms with van der Waals surface area (Å²) in [6.45, 7) is 6.61. The van der Waals surface area contributed by atoms with Crippen molar-refractivity contribution in [2.45, 2.75) is 45.4 Å². The molecule has 3 unspecified atom stereocenters. The molecule has 3 atom stereocenters. The Labute approximate surface area is 118 Å². The van der Waals surface area contributed by atoms with Crippen molar-refractivity contribution in [2.24, 2.45) is 5.73 Å². The topological polar surface area (TPSA) is 38.5 Å². The first-order valence-electron chi connectivity index (χ1n) is 7.00. The fraction of sp³-hybridized carbons (Fsp3) is 0.600. The normalized spacial score (nSPS) is 24.8. The van der Waals surface area contributed by atoms with Crippen molar-refractivity contribution in [2.75, 3.05) is 18.0 Å². The average molecular weight is 284 g/mol. The molecular weight excluding hydrogens is 262 g/mol. The molecule has 1 aromatic rings. The largest absolute Gasteiger partial charge is 0.372 e. The van der Waals surface area contributed by atoms with E-state index in [1.165, 1.54) is 12.1 Å². The Bertz CT molecular complexity index is 446. The van der Waals surface area contributed by atoms with Crippen LogP contribution in [0.2, 0.25) is 0 Å². The van der Waals surface area contributed by atoms with Crippen LogP contribution in [0.3, 0.4) is 0 Å². The average Bonchev–Trinajstić information content (AvgIpc) is 2.24. The van der Waals surface area contributed by atoms with Crippen LogP contribution in [0.15, 0.2) is 12.1 Å². The molecule has 0 aromatic heterocycles. The van der Waals surface area contributed by atoms with Gasteiger partial charge in [0.2, 0.25) is 0 Å². The summed E-state index contributed by atoms with van der Waals surface area (Å²) >= 11 is 0. The molecule has 1 fully saturated rings. The van der Waals surface area contributed by atoms with Gasteiger partial charge >= 0.3 is 0 Å². The predicted molar refractivity (Wildman–Crippen MR) is 75.9 cm³/mol. The number of rotatable bonds is 3. The SMILES string of the molecule is CC(N)Cc1cc(F)c(N2CC(C)OC(C)C2)c(F)c1. The fourth-order valence-corrected chi connectivity index (χ4v) is 2.77. The van der Waals surface area contributed by atoms with E-state index in [4.69, 9.17) is 10.5 Å². The molecule has 2 N–H and O–H groups in total. The molecule has 3 nitrogen and oxygen atoms in total. The van der Waals surface area contributed by atoms with E-state index in [9.17, 15) is 8.78 Å². The lowest BCUT2D eigenvalue weighted by molar-refractivity contribution is -0.00558. The molecule has 0 spiro atoms. The zero-order valence-electron chi connectivity index (χ0n) is 12.2. The summed E-state index contributed by atoms with van der Waals surface area (Å²) in [4.78, 5) is 1.72. The maximum absolute atomic E-state index is 14.2. The van der Waals surface area contributed by atoms with Gasteiger partial charge in [-0.25, -0.2) is 8.78 Å². The molecule has 1 aliphatic rings. The van der Waals surface area contributed by atoms with Crippen LogP contribution in [0.5, 0.6) is 0 Å². The van der Waals surface area contributed by atoms with Crippen LogP contribution in [0.25, 0.3) is 0 Å². The third-order valence-electron chi connectivity index (χ3n) is 3.37. The number of hydrogen-bond donors (Lipinski definition) is 1. The number of nitrogens with zero attached hydrogens (tertiary/aromatic N) is 1. The number of anilines is 1. The second kappa shape index (κ2) is 6.06. The van der Waals surface area contributed by atoms with Gasteiger partial charge in [0, 0.05) is 19.1 Å². The van der Waals surface area contributed by atoms with Gasteiger partial charge in [-0.05, 0) is 44.9 Å². The van der Waals surface area contributed by atoms with Crippen LogP contribution in [-0.2, 0) is 11.2 Å². The quantitative estimate of drug-likeness (QED) is 0.926. The third-order valence-corrected chi connectivity index (χ3v) is 3.37. The first-order chi connectivity index (χ1) is 9.36. The molecular formula is C15H22F2N2O. The van der Waals surface area contributed by atoms with Gasteiger partial charge in [-0.2, -0.15) is 0 Å². The van der Waals surface area contributed by atoms with E-state index >= 15 is 0 Å². The maximum atomic E-state index is 14.2. The summed E-state index contributed by atoms with van der Waals surface area (Å²) in [7, 11) is 0. The van der Waals surface area contributed by atoms with Crippen molar-refractivity contribution in [1.82, 2.24) is 0 Å². The molecule has 5 heteroatoms. The van der Waals surface area contributed by atoms with Gasteiger partial charge < -0.3 is 15.4 Å². The van der Waals surface area contributed by atoms with Crippen LogP contribution in [0.1, 0.15) is 26.3 Å². The highest BCUT2D eigenvalue weighted by Gasteiger charge is 2.26. The van der Waals surface area contributed by atoms with Crippen LogP contribution < -0.4 is 10.6 Å². The summed E-state index contributed by atoms with van der Waals surface area (Å²) in [5.41, 5.74) is 6.30. The number of hydrogen-bond acceptors (Lipinski definition) is 3. The molecule has 1 aliphatic heterocycles. The number of nitrogens with two attached hydrogens (primary N) is 1. The monoisotopic (exact) mass is 284 g/mol. The Morgan fingerprint density at radius 1 is 1.25 bits per heavy atom. The number of ether oxygens (including phenoxy) is 1. The molecule has 2 rings (SSSR count). The summed E-state index contributed by atoms with van der Waals surface area (Å²) in [6.07, 6.45) is 0.381. The molecule has 0 aliphatic carbocycles. The van der Waals surface area contributed by atoms with Crippen molar-refractivity contribution >= 4 is 5.69 Å². The highest BCUT2D eigenvalue weighted by molar-refractivity contribution is 5.51. The van der Waals surface area contributed by atoms with E-state index in [1.54, 1.807) is 4.90 Å². The fourth-order valence-electron chi connectivity index (χ4n) is 2.77. The number of halogens is 2. The molecule has 0 saturated carbocycles. The van der Waals surface area contributed by atoms with Gasteiger partial charge in [0.25, 0.3) is 0 Å². The molecule has 20 heavy (non-hydrogen) atoms. The van der Waals surface area contributed by atoms with Crippen molar-refractivity contribution in [3.8, 4) is 0 Å². The van der Waals surface area contributed by atoms with E-state index in [-0.39, 0.29) is 23.9 Å². The van der Waals surface area contributed by atoms with Crippen LogP contribution in [-0.4, -0.2) is 31.3 Å². The van der Waals surface area contributed by atoms with E-state index < -0.39 is 11.6 Å². The van der Waals surface area contributed by atoms with Crippen LogP contribution in [0, 0.1) is 11.6 Å². The summed E-state index contributed by atoms with van der Waals surface area (Å²) in [5.74, 6) is -1.05. The minimum Gasteiger partial charge on any atom is -0.372 e. The van der Waals surface area contributed by atoms with Gasteiger partial charge in [-0.15, -0.1) is 0 Å². The first-order valence-corrected chi connectivity index (χ1v) is 7.00. The lowest BCUT2D eigenvalue weighted by atomic mass is 10.1. The minimum absolute atomic E-state index is 0.0405. The summed E-state index contributed by atoms with van der Waals surface area (Å²) in [5, 5.41) is 0. The number of morpholine rings is 1. The Morgan fingerprint density at radius 3 is 2.20 bits per heavy atom. The standard InChI is InChI=1S/C15H22F2N2O/c1-9(18)4-12-5-13(16)15(14(17)6-12)19-7-10(2)20-11(3)8-19/h5-6,9-11H,4,7-8,18H2,1-3H3. The zero-order valence-corrected chi connectivity index (χ0v) is 12.2. The minimum atomic E-state index is -0.526. The van der Waals surface area contributed by atoms with E-state index in [2.05, 4.69) is 0 Å². The highest BCUT2D eigenvalue weighted by Crippen LogP contribution is 2.28. The Kier molecular flexibility index (Phi) is 4.60. The second-order valence-corrected chi connectivity index (χ2v) is 5.75. The highest BCUT2D eigenvalue weighted by atomic mass is 19.1. The molecule has 1 saturated heterocycles. The molecule has 1 aromatic carbocycles. The summed E-state index contributed by atoms with van der Waals surface area (Å²) < 4.78 is 34.1. The van der Waals surface area contributed by atoms with Crippen LogP contribution in [0.4, 0.5) is 14.5 Å². The molecule has 112 valence electrons. The lowest BCUT2D eigenvalue weighted by Gasteiger charge is -2.37. The van der Waals surface area contributed by atoms with E-state index in [1.807, 2.05) is 20.8 Å². The smallest absolute Gasteiger partial charge is 0.149 e. The molecule has 0 bridgehead atoms. The van der Waals surface area contributed by atoms with Gasteiger partial charge in [0.15, 0.2) is 0 Å². The van der Waals surface area contributed by atoms with Gasteiger partial charge in [-0.1, -0.05) is 0 Å². The van der Waals surface area contributed by atoms with Crippen molar-refractivity contribution in [1.29, 1.82) is 0 Å². The lowest BCUT2D eigenvalue weighted by Crippen LogP contribution is -2.46. The molecule has 0 amide bonds. The Morgan fingerprint density at radius 2 is 1.75 bits per heavy atom. The van der Waals surface area contributed by atoms with Gasteiger partial charge in [0.1, 0.15) is 17.3 Å². The maximum Gasteiger partial charge on any atom is 0.149 e. The van der Waals surface area contributed by atoms with Crippen LogP contribution >= 0.6 is 0 Å². The van der Waals surface area contributed by atoms with Gasteiger partial charge in [-0.3, -0.25) is 0 Å². The zero-order chi connectivity index (χ0) is 14.9. The van der Waals surface area contributed by atoms with Crippen molar-refractivity contribution in [3.63, 3.8) is 0 Å². The predicted octanol–water partition coefficient (Wildman–Crippen LogP) is 2.47. The van der Waals surface area contributed by atoms with E-state index in [0.29, 0.717) is 25.1 Å². The Hall–Kier alpha value is -1.20. The van der Waals surface area contributed by atoms with Crippen molar-refractivity contribution in [3.05, 3.63) is 29.3 Å². The second-order valence-electron chi connectivity index (χ2n) is 5.75. The Balaban J connectivity index is 2.27. The van der Waals surface area contributed by atoms with Gasteiger partial charge in [0.05, 0.1) is 12.2 Å². The molecule has 1 heterocycles. The summed E-state index contributed by atoms with van der Waals surface area (Å²) in [6, 6.07) is 2.64. The first kappa shape index (κ1) is 15.2. The third kappa shape index (κ3) is 3.46. The molecule has 0 radical (unpaired) electrons.